The fraction of sp³-hybridized carbons (Fsp3) is 0.900. The topological polar surface area (TPSA) is 20.2 Å². The van der Waals surface area contributed by atoms with E-state index in [-0.39, 0.29) is 0 Å². The lowest BCUT2D eigenvalue weighted by molar-refractivity contribution is 0.155. The van der Waals surface area contributed by atoms with Gasteiger partial charge < -0.3 is 5.11 Å². The predicted octanol–water partition coefficient (Wildman–Crippen LogP) is 6.10. The zero-order chi connectivity index (χ0) is 15.8. The SMILES string of the molecule is CCCCCCCCCCCCC#CC(O)C(CC)CC. The molecule has 0 aliphatic rings. The lowest BCUT2D eigenvalue weighted by atomic mass is 9.97. The molecule has 0 aromatic heterocycles. The summed E-state index contributed by atoms with van der Waals surface area (Å²) in [6, 6.07) is 0. The van der Waals surface area contributed by atoms with Crippen molar-refractivity contribution in [2.24, 2.45) is 5.92 Å². The van der Waals surface area contributed by atoms with E-state index in [9.17, 15) is 5.11 Å². The Balaban J connectivity index is 3.36. The number of hydrogen-bond acceptors (Lipinski definition) is 1. The monoisotopic (exact) mass is 294 g/mol. The Morgan fingerprint density at radius 2 is 1.19 bits per heavy atom. The molecule has 1 unspecified atom stereocenters. The van der Waals surface area contributed by atoms with Crippen LogP contribution < -0.4 is 0 Å². The van der Waals surface area contributed by atoms with E-state index in [0.29, 0.717) is 5.92 Å². The Labute approximate surface area is 133 Å². The quantitative estimate of drug-likeness (QED) is 0.321. The third kappa shape index (κ3) is 12.9. The minimum Gasteiger partial charge on any atom is -0.380 e. The standard InChI is InChI=1S/C20H38O/c1-4-7-8-9-10-11-12-13-14-15-16-17-18-20(21)19(5-2)6-3/h19-21H,4-16H2,1-3H3. The molecule has 0 fully saturated rings. The van der Waals surface area contributed by atoms with Gasteiger partial charge in [-0.05, 0) is 25.2 Å². The zero-order valence-corrected chi connectivity index (χ0v) is 14.8. The van der Waals surface area contributed by atoms with Crippen molar-refractivity contribution in [3.8, 4) is 11.8 Å². The molecule has 1 atom stereocenters. The normalized spacial score (nSPS) is 12.2. The summed E-state index contributed by atoms with van der Waals surface area (Å²) in [5, 5.41) is 9.90. The summed E-state index contributed by atoms with van der Waals surface area (Å²) < 4.78 is 0. The van der Waals surface area contributed by atoms with Crippen LogP contribution in [0.15, 0.2) is 0 Å². The van der Waals surface area contributed by atoms with Gasteiger partial charge >= 0.3 is 0 Å². The molecule has 0 aliphatic heterocycles. The minimum absolute atomic E-state index is 0.352. The summed E-state index contributed by atoms with van der Waals surface area (Å²) in [6.07, 6.45) is 16.2. The highest BCUT2D eigenvalue weighted by molar-refractivity contribution is 5.06. The third-order valence-electron chi connectivity index (χ3n) is 4.40. The molecule has 0 amide bonds. The third-order valence-corrected chi connectivity index (χ3v) is 4.40. The van der Waals surface area contributed by atoms with E-state index < -0.39 is 6.10 Å². The van der Waals surface area contributed by atoms with Crippen LogP contribution in [-0.2, 0) is 0 Å². The van der Waals surface area contributed by atoms with Gasteiger partial charge in [0.05, 0.1) is 0 Å². The van der Waals surface area contributed by atoms with Crippen LogP contribution >= 0.6 is 0 Å². The molecule has 1 heteroatoms. The summed E-state index contributed by atoms with van der Waals surface area (Å²) >= 11 is 0. The number of aliphatic hydroxyl groups is 1. The molecule has 0 radical (unpaired) electrons. The fourth-order valence-electron chi connectivity index (χ4n) is 2.73. The zero-order valence-electron chi connectivity index (χ0n) is 14.8. The van der Waals surface area contributed by atoms with Crippen molar-refractivity contribution in [1.29, 1.82) is 0 Å². The molecule has 0 saturated heterocycles. The maximum atomic E-state index is 9.90. The van der Waals surface area contributed by atoms with Crippen molar-refractivity contribution in [2.75, 3.05) is 0 Å². The molecule has 0 bridgehead atoms. The summed E-state index contributed by atoms with van der Waals surface area (Å²) in [4.78, 5) is 0. The van der Waals surface area contributed by atoms with E-state index in [2.05, 4.69) is 32.6 Å². The smallest absolute Gasteiger partial charge is 0.117 e. The van der Waals surface area contributed by atoms with Gasteiger partial charge in [-0.15, -0.1) is 5.92 Å². The number of unbranched alkanes of at least 4 members (excludes halogenated alkanes) is 10. The minimum atomic E-state index is -0.414. The van der Waals surface area contributed by atoms with Gasteiger partial charge in [-0.1, -0.05) is 84.5 Å². The highest BCUT2D eigenvalue weighted by Gasteiger charge is 2.11. The molecular weight excluding hydrogens is 256 g/mol. The van der Waals surface area contributed by atoms with Crippen LogP contribution in [0.4, 0.5) is 0 Å². The number of hydrogen-bond donors (Lipinski definition) is 1. The fourth-order valence-corrected chi connectivity index (χ4v) is 2.73. The highest BCUT2D eigenvalue weighted by Crippen LogP contribution is 2.13. The average Bonchev–Trinajstić information content (AvgIpc) is 2.49. The van der Waals surface area contributed by atoms with Gasteiger partial charge in [0.2, 0.25) is 0 Å². The van der Waals surface area contributed by atoms with Gasteiger partial charge in [0.1, 0.15) is 6.10 Å². The van der Waals surface area contributed by atoms with Gasteiger partial charge in [0.15, 0.2) is 0 Å². The first-order chi connectivity index (χ1) is 10.3. The Hall–Kier alpha value is -0.480. The number of aliphatic hydroxyl groups excluding tert-OH is 1. The van der Waals surface area contributed by atoms with Gasteiger partial charge in [0, 0.05) is 6.42 Å². The van der Waals surface area contributed by atoms with Gasteiger partial charge in [-0.2, -0.15) is 0 Å². The molecule has 1 N–H and O–H groups in total. The highest BCUT2D eigenvalue weighted by atomic mass is 16.3. The molecule has 0 aromatic carbocycles. The molecule has 0 saturated carbocycles. The van der Waals surface area contributed by atoms with E-state index in [1.54, 1.807) is 0 Å². The second-order valence-electron chi connectivity index (χ2n) is 6.27. The van der Waals surface area contributed by atoms with Crippen molar-refractivity contribution in [1.82, 2.24) is 0 Å². The van der Waals surface area contributed by atoms with E-state index in [1.165, 1.54) is 64.2 Å². The maximum absolute atomic E-state index is 9.90. The van der Waals surface area contributed by atoms with E-state index in [0.717, 1.165) is 19.3 Å². The maximum Gasteiger partial charge on any atom is 0.117 e. The van der Waals surface area contributed by atoms with Crippen LogP contribution in [0.5, 0.6) is 0 Å². The van der Waals surface area contributed by atoms with Crippen molar-refractivity contribution in [2.45, 2.75) is 110 Å². The summed E-state index contributed by atoms with van der Waals surface area (Å²) in [6.45, 7) is 6.52. The van der Waals surface area contributed by atoms with Gasteiger partial charge in [-0.25, -0.2) is 0 Å². The lowest BCUT2D eigenvalue weighted by Gasteiger charge is -2.13. The molecule has 0 spiro atoms. The summed E-state index contributed by atoms with van der Waals surface area (Å²) in [5.41, 5.74) is 0. The summed E-state index contributed by atoms with van der Waals surface area (Å²) in [5.74, 6) is 6.53. The molecule has 124 valence electrons. The largest absolute Gasteiger partial charge is 0.380 e. The van der Waals surface area contributed by atoms with Gasteiger partial charge in [-0.3, -0.25) is 0 Å². The van der Waals surface area contributed by atoms with Crippen LogP contribution in [0.3, 0.4) is 0 Å². The van der Waals surface area contributed by atoms with Crippen LogP contribution in [0.25, 0.3) is 0 Å². The van der Waals surface area contributed by atoms with Crippen molar-refractivity contribution in [3.05, 3.63) is 0 Å². The first-order valence-electron chi connectivity index (χ1n) is 9.42. The van der Waals surface area contributed by atoms with Crippen molar-refractivity contribution in [3.63, 3.8) is 0 Å². The first-order valence-corrected chi connectivity index (χ1v) is 9.42. The van der Waals surface area contributed by atoms with Crippen molar-refractivity contribution >= 4 is 0 Å². The second kappa shape index (κ2) is 15.9. The first kappa shape index (κ1) is 20.5. The molecule has 0 heterocycles. The van der Waals surface area contributed by atoms with E-state index in [1.807, 2.05) is 0 Å². The Morgan fingerprint density at radius 1 is 0.714 bits per heavy atom. The Morgan fingerprint density at radius 3 is 1.67 bits per heavy atom. The molecular formula is C20H38O. The molecule has 21 heavy (non-hydrogen) atoms. The van der Waals surface area contributed by atoms with Crippen LogP contribution in [0.2, 0.25) is 0 Å². The summed E-state index contributed by atoms with van der Waals surface area (Å²) in [7, 11) is 0. The Kier molecular flexibility index (Phi) is 15.5. The number of rotatable bonds is 13. The van der Waals surface area contributed by atoms with Gasteiger partial charge in [0.25, 0.3) is 0 Å². The van der Waals surface area contributed by atoms with E-state index in [4.69, 9.17) is 0 Å². The Bertz CT molecular complexity index is 257. The van der Waals surface area contributed by atoms with Crippen LogP contribution in [-0.4, -0.2) is 11.2 Å². The van der Waals surface area contributed by atoms with Crippen LogP contribution in [0.1, 0.15) is 104 Å². The van der Waals surface area contributed by atoms with Crippen LogP contribution in [0, 0.1) is 17.8 Å². The van der Waals surface area contributed by atoms with Crippen molar-refractivity contribution < 1.29 is 5.11 Å². The molecule has 0 aliphatic carbocycles. The molecule has 1 nitrogen and oxygen atoms in total. The lowest BCUT2D eigenvalue weighted by Crippen LogP contribution is -2.16. The average molecular weight is 295 g/mol. The molecule has 0 aromatic rings. The molecule has 0 rings (SSSR count). The second-order valence-corrected chi connectivity index (χ2v) is 6.27. The van der Waals surface area contributed by atoms with E-state index >= 15 is 0 Å². The predicted molar refractivity (Wildman–Crippen MR) is 94.3 cm³/mol.